The molecule has 0 bridgehead atoms. The van der Waals surface area contributed by atoms with Gasteiger partial charge in [0.05, 0.1) is 10.1 Å². The molecule has 2 aromatic rings. The van der Waals surface area contributed by atoms with Gasteiger partial charge in [-0.2, -0.15) is 0 Å². The number of carboxylic acids is 1. The van der Waals surface area contributed by atoms with E-state index in [1.54, 1.807) is 42.5 Å². The minimum Gasteiger partial charge on any atom is -0.481 e. The van der Waals surface area contributed by atoms with Crippen molar-refractivity contribution in [1.29, 1.82) is 0 Å². The third kappa shape index (κ3) is 2.47. The number of aliphatic carboxylic acids is 1. The maximum Gasteiger partial charge on any atom is 0.312 e. The number of hydrogen-bond donors (Lipinski definition) is 2. The Morgan fingerprint density at radius 1 is 1.12 bits per heavy atom. The molecular formula is C17H16BrNO4S. The summed E-state index contributed by atoms with van der Waals surface area (Å²) in [6, 6.07) is 14.9. The summed E-state index contributed by atoms with van der Waals surface area (Å²) in [6.45, 7) is -0.236. The first-order chi connectivity index (χ1) is 11.4. The predicted octanol–water partition coefficient (Wildman–Crippen LogP) is 2.42. The lowest BCUT2D eigenvalue weighted by atomic mass is 9.99. The number of rotatable bonds is 5. The van der Waals surface area contributed by atoms with E-state index in [1.807, 2.05) is 0 Å². The Bertz CT molecular complexity index is 867. The molecule has 0 heterocycles. The molecule has 0 spiro atoms. The van der Waals surface area contributed by atoms with E-state index in [2.05, 4.69) is 15.9 Å². The zero-order chi connectivity index (χ0) is 17.5. The fourth-order valence-electron chi connectivity index (χ4n) is 3.35. The number of halogens is 1. The number of sulfone groups is 1. The Morgan fingerprint density at radius 3 is 2.21 bits per heavy atom. The van der Waals surface area contributed by atoms with Gasteiger partial charge in [-0.3, -0.25) is 4.79 Å². The molecule has 0 saturated heterocycles. The highest BCUT2D eigenvalue weighted by Crippen LogP contribution is 2.63. The lowest BCUT2D eigenvalue weighted by Gasteiger charge is -2.10. The zero-order valence-electron chi connectivity index (χ0n) is 12.6. The van der Waals surface area contributed by atoms with Crippen molar-refractivity contribution in [2.24, 2.45) is 11.1 Å². The minimum absolute atomic E-state index is 0.119. The molecule has 3 rings (SSSR count). The van der Waals surface area contributed by atoms with E-state index in [1.165, 1.54) is 12.1 Å². The summed E-state index contributed by atoms with van der Waals surface area (Å²) in [5.41, 5.74) is 4.90. The molecule has 0 unspecified atom stereocenters. The van der Waals surface area contributed by atoms with Crippen molar-refractivity contribution < 1.29 is 18.3 Å². The first-order valence-corrected chi connectivity index (χ1v) is 9.67. The second-order valence-electron chi connectivity index (χ2n) is 5.86. The van der Waals surface area contributed by atoms with Crippen LogP contribution in [0.3, 0.4) is 0 Å². The first-order valence-electron chi connectivity index (χ1n) is 7.33. The van der Waals surface area contributed by atoms with Crippen molar-refractivity contribution >= 4 is 31.7 Å². The van der Waals surface area contributed by atoms with Crippen LogP contribution in [0.4, 0.5) is 0 Å². The maximum absolute atomic E-state index is 13.0. The molecular weight excluding hydrogens is 394 g/mol. The van der Waals surface area contributed by atoms with Crippen LogP contribution in [-0.4, -0.2) is 31.3 Å². The highest BCUT2D eigenvalue weighted by Gasteiger charge is 2.75. The molecule has 24 heavy (non-hydrogen) atoms. The van der Waals surface area contributed by atoms with E-state index in [0.29, 0.717) is 5.56 Å². The van der Waals surface area contributed by atoms with Crippen LogP contribution in [0.5, 0.6) is 0 Å². The van der Waals surface area contributed by atoms with Gasteiger partial charge in [-0.1, -0.05) is 46.3 Å². The highest BCUT2D eigenvalue weighted by atomic mass is 79.9. The Kier molecular flexibility index (Phi) is 4.27. The van der Waals surface area contributed by atoms with E-state index in [0.717, 1.165) is 4.47 Å². The molecule has 0 amide bonds. The lowest BCUT2D eigenvalue weighted by molar-refractivity contribution is -0.143. The molecule has 3 atom stereocenters. The summed E-state index contributed by atoms with van der Waals surface area (Å²) in [5.74, 6) is -1.85. The van der Waals surface area contributed by atoms with E-state index in [9.17, 15) is 18.3 Å². The molecule has 2 aromatic carbocycles. The summed E-state index contributed by atoms with van der Waals surface area (Å²) < 4.78 is 26.8. The van der Waals surface area contributed by atoms with Crippen molar-refractivity contribution in [3.63, 3.8) is 0 Å². The zero-order valence-corrected chi connectivity index (χ0v) is 15.0. The van der Waals surface area contributed by atoms with E-state index < -0.39 is 32.4 Å². The van der Waals surface area contributed by atoms with Gasteiger partial charge in [0.25, 0.3) is 0 Å². The topological polar surface area (TPSA) is 97.5 Å². The van der Waals surface area contributed by atoms with Crippen LogP contribution < -0.4 is 5.73 Å². The van der Waals surface area contributed by atoms with E-state index >= 15 is 0 Å². The third-order valence-corrected chi connectivity index (χ3v) is 7.45. The summed E-state index contributed by atoms with van der Waals surface area (Å²) >= 11 is 3.32. The second kappa shape index (κ2) is 5.98. The van der Waals surface area contributed by atoms with Gasteiger partial charge in [0, 0.05) is 16.9 Å². The quantitative estimate of drug-likeness (QED) is 0.789. The van der Waals surface area contributed by atoms with Gasteiger partial charge >= 0.3 is 5.97 Å². The second-order valence-corrected chi connectivity index (χ2v) is 8.84. The maximum atomic E-state index is 13.0. The number of nitrogens with two attached hydrogens (primary N) is 1. The largest absolute Gasteiger partial charge is 0.481 e. The fraction of sp³-hybridized carbons (Fsp3) is 0.235. The van der Waals surface area contributed by atoms with Crippen molar-refractivity contribution in [1.82, 2.24) is 0 Å². The van der Waals surface area contributed by atoms with Crippen molar-refractivity contribution in [2.45, 2.75) is 16.1 Å². The lowest BCUT2D eigenvalue weighted by Crippen LogP contribution is -2.31. The average molecular weight is 410 g/mol. The number of benzene rings is 2. The van der Waals surface area contributed by atoms with Gasteiger partial charge in [-0.05, 0) is 29.8 Å². The monoisotopic (exact) mass is 409 g/mol. The van der Waals surface area contributed by atoms with Gasteiger partial charge < -0.3 is 10.8 Å². The van der Waals surface area contributed by atoms with Crippen LogP contribution in [0.2, 0.25) is 0 Å². The normalized spacial score (nSPS) is 26.1. The minimum atomic E-state index is -3.81. The summed E-state index contributed by atoms with van der Waals surface area (Å²) in [6.07, 6.45) is 0. The highest BCUT2D eigenvalue weighted by molar-refractivity contribution is 9.10. The Balaban J connectivity index is 2.11. The molecule has 5 nitrogen and oxygen atoms in total. The van der Waals surface area contributed by atoms with E-state index in [-0.39, 0.29) is 11.4 Å². The van der Waals surface area contributed by atoms with Crippen molar-refractivity contribution in [3.05, 3.63) is 64.6 Å². The van der Waals surface area contributed by atoms with Crippen LogP contribution in [-0.2, 0) is 14.6 Å². The SMILES string of the molecule is NC[C@]1(C(=O)O)[C@H](c2ccc(Br)cc2)[C@H]1S(=O)(=O)c1ccccc1. The van der Waals surface area contributed by atoms with Crippen LogP contribution in [0.1, 0.15) is 11.5 Å². The standard InChI is InChI=1S/C17H16BrNO4S/c18-12-8-6-11(7-9-12)14-15(17(14,10-19)16(20)21)24(22,23)13-4-2-1-3-5-13/h1-9,14-15H,10,19H2,(H,20,21)/t14-,15-,17+/m1/s1. The summed E-state index contributed by atoms with van der Waals surface area (Å²) in [7, 11) is -3.81. The number of hydrogen-bond acceptors (Lipinski definition) is 4. The van der Waals surface area contributed by atoms with Gasteiger partial charge in [0.2, 0.25) is 0 Å². The Hall–Kier alpha value is -1.70. The molecule has 3 N–H and O–H groups in total. The summed E-state index contributed by atoms with van der Waals surface area (Å²) in [4.78, 5) is 12.0. The van der Waals surface area contributed by atoms with Gasteiger partial charge in [0.1, 0.15) is 5.41 Å². The van der Waals surface area contributed by atoms with E-state index in [4.69, 9.17) is 5.73 Å². The third-order valence-electron chi connectivity index (χ3n) is 4.63. The van der Waals surface area contributed by atoms with Gasteiger partial charge in [-0.15, -0.1) is 0 Å². The molecule has 0 aromatic heterocycles. The molecule has 7 heteroatoms. The first kappa shape index (κ1) is 17.1. The molecule has 1 aliphatic rings. The van der Waals surface area contributed by atoms with Crippen LogP contribution in [0.15, 0.2) is 64.0 Å². The van der Waals surface area contributed by atoms with Crippen LogP contribution in [0.25, 0.3) is 0 Å². The van der Waals surface area contributed by atoms with Crippen molar-refractivity contribution in [3.8, 4) is 0 Å². The van der Waals surface area contributed by atoms with Crippen LogP contribution >= 0.6 is 15.9 Å². The molecule has 1 fully saturated rings. The molecule has 1 aliphatic carbocycles. The van der Waals surface area contributed by atoms with Gasteiger partial charge in [-0.25, -0.2) is 8.42 Å². The van der Waals surface area contributed by atoms with Crippen LogP contribution in [0, 0.1) is 5.41 Å². The molecule has 1 saturated carbocycles. The molecule has 126 valence electrons. The van der Waals surface area contributed by atoms with Gasteiger partial charge in [0.15, 0.2) is 9.84 Å². The molecule has 0 aliphatic heterocycles. The summed E-state index contributed by atoms with van der Waals surface area (Å²) in [5, 5.41) is 8.64. The number of carbonyl (C=O) groups is 1. The predicted molar refractivity (Wildman–Crippen MR) is 93.4 cm³/mol. The average Bonchev–Trinajstić information content (AvgIpc) is 3.28. The van der Waals surface area contributed by atoms with Crippen molar-refractivity contribution in [2.75, 3.05) is 6.54 Å². The molecule has 0 radical (unpaired) electrons. The number of carboxylic acid groups (broad SMARTS) is 1. The smallest absolute Gasteiger partial charge is 0.312 e. The Morgan fingerprint density at radius 2 is 1.71 bits per heavy atom. The Labute approximate surface area is 148 Å². The fourth-order valence-corrected chi connectivity index (χ4v) is 6.02.